The Balaban J connectivity index is 2.20. The number of nitrogens with zero attached hydrogens (tertiary/aromatic N) is 1. The second-order valence-corrected chi connectivity index (χ2v) is 6.08. The molecule has 0 spiro atoms. The summed E-state index contributed by atoms with van der Waals surface area (Å²) in [5.74, 6) is -0.796. The minimum Gasteiger partial charge on any atom is -0.348 e. The standard InChI is InChI=1S/C19H20F3N3O2/c1-25(2)16(26)12-23-17(13-7-4-3-5-8-13)18(27)24-15-10-6-9-14(11-15)19(20,21)22/h3-11,17,23H,12H2,1-2H3,(H,24,27). The highest BCUT2D eigenvalue weighted by molar-refractivity contribution is 5.96. The molecular weight excluding hydrogens is 359 g/mol. The van der Waals surface area contributed by atoms with Crippen LogP contribution < -0.4 is 10.6 Å². The molecule has 0 heterocycles. The van der Waals surface area contributed by atoms with E-state index in [0.29, 0.717) is 5.56 Å². The second-order valence-electron chi connectivity index (χ2n) is 6.08. The van der Waals surface area contributed by atoms with Gasteiger partial charge < -0.3 is 10.2 Å². The minimum absolute atomic E-state index is 0.0245. The van der Waals surface area contributed by atoms with Gasteiger partial charge in [-0.25, -0.2) is 0 Å². The number of alkyl halides is 3. The number of carbonyl (C=O) groups is 2. The number of anilines is 1. The molecule has 2 aromatic rings. The summed E-state index contributed by atoms with van der Waals surface area (Å²) in [6.07, 6.45) is -4.50. The first kappa shape index (κ1) is 20.4. The van der Waals surface area contributed by atoms with E-state index in [4.69, 9.17) is 0 Å². The Bertz CT molecular complexity index is 792. The third kappa shape index (κ3) is 5.82. The number of carbonyl (C=O) groups excluding carboxylic acids is 2. The number of rotatable bonds is 6. The van der Waals surface area contributed by atoms with Crippen LogP contribution in [-0.4, -0.2) is 37.4 Å². The number of nitrogens with one attached hydrogen (secondary N) is 2. The van der Waals surface area contributed by atoms with E-state index in [1.165, 1.54) is 17.0 Å². The minimum atomic E-state index is -4.50. The Morgan fingerprint density at radius 1 is 1.04 bits per heavy atom. The molecule has 0 aliphatic heterocycles. The smallest absolute Gasteiger partial charge is 0.348 e. The van der Waals surface area contributed by atoms with E-state index in [0.717, 1.165) is 12.1 Å². The quantitative estimate of drug-likeness (QED) is 0.811. The van der Waals surface area contributed by atoms with E-state index in [1.54, 1.807) is 44.4 Å². The molecule has 8 heteroatoms. The van der Waals surface area contributed by atoms with Crippen molar-refractivity contribution in [3.05, 3.63) is 65.7 Å². The second kappa shape index (κ2) is 8.68. The molecule has 0 aliphatic carbocycles. The van der Waals surface area contributed by atoms with E-state index in [1.807, 2.05) is 0 Å². The number of hydrogen-bond acceptors (Lipinski definition) is 3. The van der Waals surface area contributed by atoms with Crippen molar-refractivity contribution in [2.24, 2.45) is 0 Å². The lowest BCUT2D eigenvalue weighted by atomic mass is 10.1. The van der Waals surface area contributed by atoms with Gasteiger partial charge in [-0.3, -0.25) is 14.9 Å². The zero-order valence-electron chi connectivity index (χ0n) is 14.9. The first-order valence-electron chi connectivity index (χ1n) is 8.15. The number of benzene rings is 2. The summed E-state index contributed by atoms with van der Waals surface area (Å²) in [5, 5.41) is 5.34. The normalized spacial score (nSPS) is 12.3. The van der Waals surface area contributed by atoms with Crippen molar-refractivity contribution in [1.82, 2.24) is 10.2 Å². The lowest BCUT2D eigenvalue weighted by molar-refractivity contribution is -0.137. The highest BCUT2D eigenvalue weighted by Gasteiger charge is 2.30. The molecule has 27 heavy (non-hydrogen) atoms. The fourth-order valence-electron chi connectivity index (χ4n) is 2.34. The van der Waals surface area contributed by atoms with Crippen molar-refractivity contribution in [3.8, 4) is 0 Å². The summed E-state index contributed by atoms with van der Waals surface area (Å²) in [4.78, 5) is 25.9. The highest BCUT2D eigenvalue weighted by Crippen LogP contribution is 2.30. The number of likely N-dealkylation sites (N-methyl/N-ethyl adjacent to an activating group) is 1. The highest BCUT2D eigenvalue weighted by atomic mass is 19.4. The molecular formula is C19H20F3N3O2. The molecule has 144 valence electrons. The number of halogens is 3. The van der Waals surface area contributed by atoms with Crippen LogP contribution in [0.3, 0.4) is 0 Å². The lowest BCUT2D eigenvalue weighted by Crippen LogP contribution is -2.39. The Labute approximate surface area is 155 Å². The number of hydrogen-bond donors (Lipinski definition) is 2. The zero-order valence-corrected chi connectivity index (χ0v) is 14.9. The third-order valence-electron chi connectivity index (χ3n) is 3.81. The van der Waals surface area contributed by atoms with Crippen LogP contribution in [0.2, 0.25) is 0 Å². The monoisotopic (exact) mass is 379 g/mol. The van der Waals surface area contributed by atoms with Crippen LogP contribution in [0.5, 0.6) is 0 Å². The van der Waals surface area contributed by atoms with Crippen LogP contribution in [0, 0.1) is 0 Å². The van der Waals surface area contributed by atoms with Crippen molar-refractivity contribution in [2.45, 2.75) is 12.2 Å². The maximum absolute atomic E-state index is 12.8. The summed E-state index contributed by atoms with van der Waals surface area (Å²) >= 11 is 0. The third-order valence-corrected chi connectivity index (χ3v) is 3.81. The van der Waals surface area contributed by atoms with Gasteiger partial charge in [-0.2, -0.15) is 13.2 Å². The SMILES string of the molecule is CN(C)C(=O)CNC(C(=O)Nc1cccc(C(F)(F)F)c1)c1ccccc1. The van der Waals surface area contributed by atoms with Crippen LogP contribution in [0.1, 0.15) is 17.2 Å². The van der Waals surface area contributed by atoms with Gasteiger partial charge >= 0.3 is 6.18 Å². The zero-order chi connectivity index (χ0) is 20.0. The molecule has 2 aromatic carbocycles. The largest absolute Gasteiger partial charge is 0.416 e. The van der Waals surface area contributed by atoms with E-state index in [9.17, 15) is 22.8 Å². The molecule has 2 amide bonds. The van der Waals surface area contributed by atoms with Crippen molar-refractivity contribution in [2.75, 3.05) is 26.0 Å². The van der Waals surface area contributed by atoms with Gasteiger partial charge in [0.15, 0.2) is 0 Å². The Morgan fingerprint density at radius 3 is 2.30 bits per heavy atom. The van der Waals surface area contributed by atoms with Gasteiger partial charge in [0.1, 0.15) is 6.04 Å². The summed E-state index contributed by atoms with van der Waals surface area (Å²) in [6.45, 7) is -0.0947. The Hall–Kier alpha value is -2.87. The molecule has 0 saturated carbocycles. The van der Waals surface area contributed by atoms with E-state index >= 15 is 0 Å². The fourth-order valence-corrected chi connectivity index (χ4v) is 2.34. The summed E-state index contributed by atoms with van der Waals surface area (Å²) < 4.78 is 38.5. The average Bonchev–Trinajstić information content (AvgIpc) is 2.62. The molecule has 5 nitrogen and oxygen atoms in total. The van der Waals surface area contributed by atoms with Gasteiger partial charge in [0, 0.05) is 19.8 Å². The van der Waals surface area contributed by atoms with Crippen LogP contribution in [0.25, 0.3) is 0 Å². The lowest BCUT2D eigenvalue weighted by Gasteiger charge is -2.20. The molecule has 2 N–H and O–H groups in total. The van der Waals surface area contributed by atoms with Gasteiger partial charge in [0.05, 0.1) is 12.1 Å². The van der Waals surface area contributed by atoms with E-state index in [-0.39, 0.29) is 18.1 Å². The van der Waals surface area contributed by atoms with Crippen LogP contribution >= 0.6 is 0 Å². The predicted octanol–water partition coefficient (Wildman–Crippen LogP) is 3.06. The van der Waals surface area contributed by atoms with Crippen LogP contribution in [0.4, 0.5) is 18.9 Å². The first-order chi connectivity index (χ1) is 12.7. The van der Waals surface area contributed by atoms with Gasteiger partial charge in [-0.05, 0) is 23.8 Å². The van der Waals surface area contributed by atoms with Gasteiger partial charge in [-0.1, -0.05) is 36.4 Å². The Kier molecular flexibility index (Phi) is 6.57. The van der Waals surface area contributed by atoms with Gasteiger partial charge in [0.25, 0.3) is 0 Å². The molecule has 1 atom stereocenters. The van der Waals surface area contributed by atoms with Crippen molar-refractivity contribution in [1.29, 1.82) is 0 Å². The van der Waals surface area contributed by atoms with Crippen molar-refractivity contribution >= 4 is 17.5 Å². The predicted molar refractivity (Wildman–Crippen MR) is 96.0 cm³/mol. The van der Waals surface area contributed by atoms with Gasteiger partial charge in [-0.15, -0.1) is 0 Å². The van der Waals surface area contributed by atoms with E-state index in [2.05, 4.69) is 10.6 Å². The molecule has 1 unspecified atom stereocenters. The molecule has 0 saturated heterocycles. The average molecular weight is 379 g/mol. The summed E-state index contributed by atoms with van der Waals surface area (Å²) in [7, 11) is 3.18. The summed E-state index contributed by atoms with van der Waals surface area (Å²) in [5.41, 5.74) is -0.239. The van der Waals surface area contributed by atoms with Crippen LogP contribution in [0.15, 0.2) is 54.6 Å². The number of amides is 2. The van der Waals surface area contributed by atoms with Crippen LogP contribution in [-0.2, 0) is 15.8 Å². The molecule has 2 rings (SSSR count). The van der Waals surface area contributed by atoms with Crippen molar-refractivity contribution < 1.29 is 22.8 Å². The summed E-state index contributed by atoms with van der Waals surface area (Å²) in [6, 6.07) is 12.1. The van der Waals surface area contributed by atoms with Crippen molar-refractivity contribution in [3.63, 3.8) is 0 Å². The maximum Gasteiger partial charge on any atom is 0.416 e. The Morgan fingerprint density at radius 2 is 1.70 bits per heavy atom. The first-order valence-corrected chi connectivity index (χ1v) is 8.15. The fraction of sp³-hybridized carbons (Fsp3) is 0.263. The molecule has 0 fully saturated rings. The molecule has 0 aliphatic rings. The van der Waals surface area contributed by atoms with Gasteiger partial charge in [0.2, 0.25) is 11.8 Å². The molecule has 0 radical (unpaired) electrons. The molecule has 0 bridgehead atoms. The maximum atomic E-state index is 12.8. The van der Waals surface area contributed by atoms with E-state index < -0.39 is 23.7 Å². The topological polar surface area (TPSA) is 61.4 Å². The molecule has 0 aromatic heterocycles.